The first-order chi connectivity index (χ1) is 9.21. The van der Waals surface area contributed by atoms with Gasteiger partial charge in [-0.25, -0.2) is 0 Å². The number of hydrogen-bond donors (Lipinski definition) is 1. The molecule has 0 amide bonds. The van der Waals surface area contributed by atoms with Gasteiger partial charge in [0.2, 0.25) is 0 Å². The van der Waals surface area contributed by atoms with Crippen molar-refractivity contribution in [1.29, 1.82) is 0 Å². The fourth-order valence-electron chi connectivity index (χ4n) is 1.73. The molecule has 0 fully saturated rings. The molecular formula is C16H16O3. The zero-order valence-corrected chi connectivity index (χ0v) is 11.0. The van der Waals surface area contributed by atoms with Crippen LogP contribution in [0, 0.1) is 0 Å². The second kappa shape index (κ2) is 5.96. The van der Waals surface area contributed by atoms with E-state index in [4.69, 9.17) is 9.47 Å². The van der Waals surface area contributed by atoms with Crippen LogP contribution in [0.15, 0.2) is 42.5 Å². The van der Waals surface area contributed by atoms with E-state index in [0.29, 0.717) is 5.75 Å². The predicted molar refractivity (Wildman–Crippen MR) is 76.6 cm³/mol. The summed E-state index contributed by atoms with van der Waals surface area (Å²) in [6, 6.07) is 12.9. The molecule has 1 N–H and O–H groups in total. The van der Waals surface area contributed by atoms with Gasteiger partial charge in [-0.15, -0.1) is 0 Å². The number of rotatable bonds is 4. The summed E-state index contributed by atoms with van der Waals surface area (Å²) in [6.45, 7) is 0. The molecule has 98 valence electrons. The molecule has 0 saturated heterocycles. The van der Waals surface area contributed by atoms with Crippen molar-refractivity contribution in [3.8, 4) is 17.2 Å². The summed E-state index contributed by atoms with van der Waals surface area (Å²) in [6.07, 6.45) is 3.89. The van der Waals surface area contributed by atoms with Crippen LogP contribution in [0.5, 0.6) is 17.2 Å². The molecule has 2 aromatic rings. The van der Waals surface area contributed by atoms with Crippen LogP contribution in [0.2, 0.25) is 0 Å². The van der Waals surface area contributed by atoms with Gasteiger partial charge in [0.1, 0.15) is 17.2 Å². The topological polar surface area (TPSA) is 38.7 Å². The second-order valence-electron chi connectivity index (χ2n) is 4.07. The monoisotopic (exact) mass is 256 g/mol. The number of methoxy groups -OCH3 is 2. The molecule has 0 radical (unpaired) electrons. The number of ether oxygens (including phenoxy) is 2. The first kappa shape index (κ1) is 13.0. The average Bonchev–Trinajstić information content (AvgIpc) is 2.45. The van der Waals surface area contributed by atoms with Crippen molar-refractivity contribution >= 4 is 12.2 Å². The molecule has 3 nitrogen and oxygen atoms in total. The van der Waals surface area contributed by atoms with Gasteiger partial charge < -0.3 is 14.6 Å². The van der Waals surface area contributed by atoms with Crippen LogP contribution < -0.4 is 9.47 Å². The Bertz CT molecular complexity index is 571. The minimum absolute atomic E-state index is 0.189. The summed E-state index contributed by atoms with van der Waals surface area (Å²) >= 11 is 0. The maximum absolute atomic E-state index is 9.56. The van der Waals surface area contributed by atoms with Crippen molar-refractivity contribution in [2.75, 3.05) is 14.2 Å². The predicted octanol–water partition coefficient (Wildman–Crippen LogP) is 3.58. The van der Waals surface area contributed by atoms with Gasteiger partial charge in [0.25, 0.3) is 0 Å². The maximum atomic E-state index is 9.56. The lowest BCUT2D eigenvalue weighted by Gasteiger charge is -2.03. The van der Waals surface area contributed by atoms with Gasteiger partial charge in [-0.05, 0) is 35.4 Å². The fourth-order valence-corrected chi connectivity index (χ4v) is 1.73. The van der Waals surface area contributed by atoms with Crippen molar-refractivity contribution < 1.29 is 14.6 Å². The number of aromatic hydroxyl groups is 1. The van der Waals surface area contributed by atoms with E-state index in [1.165, 1.54) is 0 Å². The number of phenolic OH excluding ortho intramolecular Hbond substituents is 1. The lowest BCUT2D eigenvalue weighted by molar-refractivity contribution is 0.407. The molecule has 19 heavy (non-hydrogen) atoms. The average molecular weight is 256 g/mol. The van der Waals surface area contributed by atoms with E-state index >= 15 is 0 Å². The molecule has 0 unspecified atom stereocenters. The van der Waals surface area contributed by atoms with E-state index in [1.807, 2.05) is 42.5 Å². The van der Waals surface area contributed by atoms with E-state index in [2.05, 4.69) is 0 Å². The summed E-state index contributed by atoms with van der Waals surface area (Å²) < 4.78 is 10.2. The third kappa shape index (κ3) is 3.52. The van der Waals surface area contributed by atoms with Gasteiger partial charge in [0, 0.05) is 6.07 Å². The SMILES string of the molecule is COc1ccc(/C=C/c2cc(O)cc(OC)c2)cc1. The lowest BCUT2D eigenvalue weighted by atomic mass is 10.1. The van der Waals surface area contributed by atoms with Gasteiger partial charge in [0.15, 0.2) is 0 Å². The van der Waals surface area contributed by atoms with Crippen LogP contribution in [0.1, 0.15) is 11.1 Å². The van der Waals surface area contributed by atoms with Gasteiger partial charge in [-0.3, -0.25) is 0 Å². The van der Waals surface area contributed by atoms with Crippen LogP contribution in [-0.4, -0.2) is 19.3 Å². The minimum Gasteiger partial charge on any atom is -0.508 e. The van der Waals surface area contributed by atoms with Gasteiger partial charge in [-0.1, -0.05) is 24.3 Å². The van der Waals surface area contributed by atoms with Crippen molar-refractivity contribution in [3.05, 3.63) is 53.6 Å². The van der Waals surface area contributed by atoms with Crippen molar-refractivity contribution in [3.63, 3.8) is 0 Å². The molecule has 0 bridgehead atoms. The molecule has 0 aliphatic carbocycles. The molecule has 0 aliphatic heterocycles. The van der Waals surface area contributed by atoms with Gasteiger partial charge in [-0.2, -0.15) is 0 Å². The Kier molecular flexibility index (Phi) is 4.08. The normalized spacial score (nSPS) is 10.6. The highest BCUT2D eigenvalue weighted by molar-refractivity contribution is 5.71. The zero-order valence-electron chi connectivity index (χ0n) is 11.0. The third-order valence-corrected chi connectivity index (χ3v) is 2.73. The van der Waals surface area contributed by atoms with Crippen LogP contribution >= 0.6 is 0 Å². The lowest BCUT2D eigenvalue weighted by Crippen LogP contribution is -1.83. The Balaban J connectivity index is 2.19. The van der Waals surface area contributed by atoms with E-state index in [1.54, 1.807) is 26.4 Å². The van der Waals surface area contributed by atoms with E-state index in [0.717, 1.165) is 16.9 Å². The van der Waals surface area contributed by atoms with Gasteiger partial charge >= 0.3 is 0 Å². The first-order valence-corrected chi connectivity index (χ1v) is 5.91. The Morgan fingerprint density at radius 3 is 2.05 bits per heavy atom. The summed E-state index contributed by atoms with van der Waals surface area (Å²) in [5, 5.41) is 9.56. The Morgan fingerprint density at radius 1 is 0.789 bits per heavy atom. The third-order valence-electron chi connectivity index (χ3n) is 2.73. The molecule has 0 saturated carbocycles. The Morgan fingerprint density at radius 2 is 1.42 bits per heavy atom. The minimum atomic E-state index is 0.189. The fraction of sp³-hybridized carbons (Fsp3) is 0.125. The molecule has 3 heteroatoms. The van der Waals surface area contributed by atoms with Crippen LogP contribution in [0.4, 0.5) is 0 Å². The highest BCUT2D eigenvalue weighted by atomic mass is 16.5. The van der Waals surface area contributed by atoms with Crippen LogP contribution in [0.25, 0.3) is 12.2 Å². The number of phenols is 1. The van der Waals surface area contributed by atoms with Gasteiger partial charge in [0.05, 0.1) is 14.2 Å². The molecule has 0 heterocycles. The second-order valence-corrected chi connectivity index (χ2v) is 4.07. The van der Waals surface area contributed by atoms with E-state index in [9.17, 15) is 5.11 Å². The Labute approximate surface area is 112 Å². The maximum Gasteiger partial charge on any atom is 0.123 e. The molecule has 2 aromatic carbocycles. The highest BCUT2D eigenvalue weighted by Gasteiger charge is 1.97. The zero-order chi connectivity index (χ0) is 13.7. The number of benzene rings is 2. The van der Waals surface area contributed by atoms with E-state index < -0.39 is 0 Å². The summed E-state index contributed by atoms with van der Waals surface area (Å²) in [7, 11) is 3.22. The quantitative estimate of drug-likeness (QED) is 0.850. The molecular weight excluding hydrogens is 240 g/mol. The molecule has 2 rings (SSSR count). The summed E-state index contributed by atoms with van der Waals surface area (Å²) in [4.78, 5) is 0. The van der Waals surface area contributed by atoms with Crippen molar-refractivity contribution in [2.45, 2.75) is 0 Å². The molecule has 0 spiro atoms. The van der Waals surface area contributed by atoms with Crippen LogP contribution in [-0.2, 0) is 0 Å². The van der Waals surface area contributed by atoms with Crippen molar-refractivity contribution in [2.24, 2.45) is 0 Å². The molecule has 0 aliphatic rings. The molecule has 0 aromatic heterocycles. The molecule has 0 atom stereocenters. The standard InChI is InChI=1S/C16H16O3/c1-18-15-7-5-12(6-8-15)3-4-13-9-14(17)11-16(10-13)19-2/h3-11,17H,1-2H3/b4-3+. The van der Waals surface area contributed by atoms with Crippen LogP contribution in [0.3, 0.4) is 0 Å². The Hall–Kier alpha value is -2.42. The largest absolute Gasteiger partial charge is 0.508 e. The summed E-state index contributed by atoms with van der Waals surface area (Å²) in [5.41, 5.74) is 1.94. The first-order valence-electron chi connectivity index (χ1n) is 5.91. The van der Waals surface area contributed by atoms with Crippen molar-refractivity contribution in [1.82, 2.24) is 0 Å². The van der Waals surface area contributed by atoms with E-state index in [-0.39, 0.29) is 5.75 Å². The highest BCUT2D eigenvalue weighted by Crippen LogP contribution is 2.23. The summed E-state index contributed by atoms with van der Waals surface area (Å²) in [5.74, 6) is 1.65. The number of hydrogen-bond acceptors (Lipinski definition) is 3. The smallest absolute Gasteiger partial charge is 0.123 e.